The summed E-state index contributed by atoms with van der Waals surface area (Å²) in [6, 6.07) is 0. The molecule has 0 spiro atoms. The van der Waals surface area contributed by atoms with E-state index in [0.29, 0.717) is 19.0 Å². The Morgan fingerprint density at radius 1 is 1.26 bits per heavy atom. The molecule has 1 atom stereocenters. The van der Waals surface area contributed by atoms with Gasteiger partial charge in [0, 0.05) is 25.5 Å². The number of alkyl halides is 3. The highest BCUT2D eigenvalue weighted by Gasteiger charge is 2.32. The third kappa shape index (κ3) is 3.34. The van der Waals surface area contributed by atoms with Gasteiger partial charge in [-0.1, -0.05) is 0 Å². The Balaban J connectivity index is 2.00. The maximum absolute atomic E-state index is 12.4. The Hall–Kier alpha value is -1.37. The van der Waals surface area contributed by atoms with Crippen LogP contribution in [0.25, 0.3) is 0 Å². The number of hydrogen-bond acceptors (Lipinski definition) is 4. The standard InChI is InChI=1S/C12H16F3N3O/c1-8(19)9-2-4-18(5-3-9)11-16-6-10(7-17-11)12(13,14)15/h6-9,19H,2-5H2,1H3. The molecule has 2 rings (SSSR count). The van der Waals surface area contributed by atoms with Crippen LogP contribution in [-0.4, -0.2) is 34.3 Å². The second-order valence-corrected chi connectivity index (χ2v) is 4.83. The minimum Gasteiger partial charge on any atom is -0.393 e. The van der Waals surface area contributed by atoms with Gasteiger partial charge in [-0.2, -0.15) is 13.2 Å². The number of aliphatic hydroxyl groups excluding tert-OH is 1. The summed E-state index contributed by atoms with van der Waals surface area (Å²) in [7, 11) is 0. The summed E-state index contributed by atoms with van der Waals surface area (Å²) >= 11 is 0. The molecule has 0 aliphatic carbocycles. The van der Waals surface area contributed by atoms with Crippen LogP contribution in [0.5, 0.6) is 0 Å². The van der Waals surface area contributed by atoms with Crippen LogP contribution in [-0.2, 0) is 6.18 Å². The minimum atomic E-state index is -4.40. The summed E-state index contributed by atoms with van der Waals surface area (Å²) in [5.41, 5.74) is -0.838. The van der Waals surface area contributed by atoms with Gasteiger partial charge in [0.15, 0.2) is 0 Å². The number of anilines is 1. The predicted octanol–water partition coefficient (Wildman–Crippen LogP) is 2.09. The van der Waals surface area contributed by atoms with Crippen molar-refractivity contribution in [1.29, 1.82) is 0 Å². The van der Waals surface area contributed by atoms with Gasteiger partial charge in [0.2, 0.25) is 5.95 Å². The molecule has 1 aliphatic heterocycles. The molecular formula is C12H16F3N3O. The summed E-state index contributed by atoms with van der Waals surface area (Å²) in [5.74, 6) is 0.558. The van der Waals surface area contributed by atoms with E-state index in [4.69, 9.17) is 0 Å². The first-order chi connectivity index (χ1) is 8.88. The van der Waals surface area contributed by atoms with Crippen LogP contribution in [0.4, 0.5) is 19.1 Å². The molecule has 1 N–H and O–H groups in total. The van der Waals surface area contributed by atoms with E-state index in [9.17, 15) is 18.3 Å². The number of aromatic nitrogens is 2. The zero-order valence-corrected chi connectivity index (χ0v) is 10.6. The molecule has 1 saturated heterocycles. The number of aliphatic hydroxyl groups is 1. The first-order valence-corrected chi connectivity index (χ1v) is 6.20. The van der Waals surface area contributed by atoms with E-state index < -0.39 is 11.7 Å². The first kappa shape index (κ1) is 14.0. The number of halogens is 3. The Morgan fingerprint density at radius 2 is 1.79 bits per heavy atom. The first-order valence-electron chi connectivity index (χ1n) is 6.20. The molecule has 0 saturated carbocycles. The molecule has 1 aliphatic rings. The fourth-order valence-corrected chi connectivity index (χ4v) is 2.21. The normalized spacial score (nSPS) is 19.5. The van der Waals surface area contributed by atoms with E-state index in [1.807, 2.05) is 4.90 Å². The Labute approximate surface area is 109 Å². The maximum Gasteiger partial charge on any atom is 0.419 e. The van der Waals surface area contributed by atoms with E-state index >= 15 is 0 Å². The molecule has 1 aromatic heterocycles. The van der Waals surface area contributed by atoms with Crippen molar-refractivity contribution >= 4 is 5.95 Å². The number of nitrogens with zero attached hydrogens (tertiary/aromatic N) is 3. The zero-order chi connectivity index (χ0) is 14.0. The highest BCUT2D eigenvalue weighted by molar-refractivity contribution is 5.31. The topological polar surface area (TPSA) is 49.2 Å². The van der Waals surface area contributed by atoms with Crippen molar-refractivity contribution in [1.82, 2.24) is 9.97 Å². The molecule has 106 valence electrons. The van der Waals surface area contributed by atoms with Gasteiger partial charge in [-0.25, -0.2) is 9.97 Å². The van der Waals surface area contributed by atoms with Crippen LogP contribution in [0.2, 0.25) is 0 Å². The summed E-state index contributed by atoms with van der Waals surface area (Å²) < 4.78 is 37.1. The van der Waals surface area contributed by atoms with E-state index in [1.54, 1.807) is 6.92 Å². The third-order valence-electron chi connectivity index (χ3n) is 3.47. The largest absolute Gasteiger partial charge is 0.419 e. The van der Waals surface area contributed by atoms with Crippen molar-refractivity contribution in [3.05, 3.63) is 18.0 Å². The van der Waals surface area contributed by atoms with Crippen LogP contribution in [0.3, 0.4) is 0 Å². The van der Waals surface area contributed by atoms with Crippen molar-refractivity contribution in [2.45, 2.75) is 32.0 Å². The second kappa shape index (κ2) is 5.32. The van der Waals surface area contributed by atoms with Crippen molar-refractivity contribution in [2.75, 3.05) is 18.0 Å². The summed E-state index contributed by atoms with van der Waals surface area (Å²) in [4.78, 5) is 9.39. The van der Waals surface area contributed by atoms with E-state index in [2.05, 4.69) is 9.97 Å². The molecule has 1 fully saturated rings. The zero-order valence-electron chi connectivity index (χ0n) is 10.6. The van der Waals surface area contributed by atoms with E-state index in [1.165, 1.54) is 0 Å². The van der Waals surface area contributed by atoms with Crippen LogP contribution in [0.15, 0.2) is 12.4 Å². The monoisotopic (exact) mass is 275 g/mol. The van der Waals surface area contributed by atoms with Gasteiger partial charge in [-0.3, -0.25) is 0 Å². The highest BCUT2D eigenvalue weighted by Crippen LogP contribution is 2.29. The predicted molar refractivity (Wildman–Crippen MR) is 63.7 cm³/mol. The Kier molecular flexibility index (Phi) is 3.93. The van der Waals surface area contributed by atoms with E-state index in [-0.39, 0.29) is 12.0 Å². The summed E-state index contributed by atoms with van der Waals surface area (Å²) in [6.07, 6.45) is -1.55. The average molecular weight is 275 g/mol. The van der Waals surface area contributed by atoms with Crippen LogP contribution >= 0.6 is 0 Å². The lowest BCUT2D eigenvalue weighted by Crippen LogP contribution is -2.38. The molecule has 7 heteroatoms. The van der Waals surface area contributed by atoms with Crippen LogP contribution in [0.1, 0.15) is 25.3 Å². The van der Waals surface area contributed by atoms with Gasteiger partial charge in [0.25, 0.3) is 0 Å². The molecule has 0 radical (unpaired) electrons. The smallest absolute Gasteiger partial charge is 0.393 e. The van der Waals surface area contributed by atoms with Crippen molar-refractivity contribution < 1.29 is 18.3 Å². The second-order valence-electron chi connectivity index (χ2n) is 4.83. The average Bonchev–Trinajstić information content (AvgIpc) is 2.38. The van der Waals surface area contributed by atoms with Gasteiger partial charge in [-0.15, -0.1) is 0 Å². The molecule has 0 bridgehead atoms. The lowest BCUT2D eigenvalue weighted by atomic mass is 9.92. The van der Waals surface area contributed by atoms with E-state index in [0.717, 1.165) is 25.2 Å². The molecular weight excluding hydrogens is 259 g/mol. The summed E-state index contributed by atoms with van der Waals surface area (Å²) in [5, 5.41) is 9.49. The molecule has 19 heavy (non-hydrogen) atoms. The highest BCUT2D eigenvalue weighted by atomic mass is 19.4. The van der Waals surface area contributed by atoms with Gasteiger partial charge >= 0.3 is 6.18 Å². The fraction of sp³-hybridized carbons (Fsp3) is 0.667. The molecule has 2 heterocycles. The maximum atomic E-state index is 12.4. The van der Waals surface area contributed by atoms with Crippen molar-refractivity contribution in [2.24, 2.45) is 5.92 Å². The van der Waals surface area contributed by atoms with Crippen LogP contribution < -0.4 is 4.90 Å². The van der Waals surface area contributed by atoms with Crippen molar-refractivity contribution in [3.63, 3.8) is 0 Å². The fourth-order valence-electron chi connectivity index (χ4n) is 2.21. The van der Waals surface area contributed by atoms with Crippen molar-refractivity contribution in [3.8, 4) is 0 Å². The van der Waals surface area contributed by atoms with Gasteiger partial charge < -0.3 is 10.0 Å². The molecule has 0 aromatic carbocycles. The van der Waals surface area contributed by atoms with Gasteiger partial charge in [0.05, 0.1) is 11.7 Å². The Bertz CT molecular complexity index is 411. The molecule has 0 amide bonds. The summed E-state index contributed by atoms with van der Waals surface area (Å²) in [6.45, 7) is 3.07. The van der Waals surface area contributed by atoms with Crippen LogP contribution in [0, 0.1) is 5.92 Å². The molecule has 1 aromatic rings. The Morgan fingerprint density at radius 3 is 2.21 bits per heavy atom. The minimum absolute atomic E-state index is 0.241. The molecule has 1 unspecified atom stereocenters. The lowest BCUT2D eigenvalue weighted by Gasteiger charge is -2.33. The quantitative estimate of drug-likeness (QED) is 0.898. The third-order valence-corrected chi connectivity index (χ3v) is 3.47. The number of piperidine rings is 1. The van der Waals surface area contributed by atoms with Gasteiger partial charge in [0.1, 0.15) is 0 Å². The SMILES string of the molecule is CC(O)C1CCN(c2ncc(C(F)(F)F)cn2)CC1. The lowest BCUT2D eigenvalue weighted by molar-refractivity contribution is -0.138. The molecule has 4 nitrogen and oxygen atoms in total. The number of rotatable bonds is 2. The number of hydrogen-bond donors (Lipinski definition) is 1. The van der Waals surface area contributed by atoms with Gasteiger partial charge in [-0.05, 0) is 25.7 Å².